The number of benzene rings is 3. The van der Waals surface area contributed by atoms with Crippen molar-refractivity contribution in [2.45, 2.75) is 35.5 Å². The zero-order chi connectivity index (χ0) is 27.6. The predicted octanol–water partition coefficient (Wildman–Crippen LogP) is 5.93. The number of nitrogens with zero attached hydrogens (tertiary/aromatic N) is 2. The van der Waals surface area contributed by atoms with Crippen LogP contribution in [0.15, 0.2) is 78.9 Å². The molecule has 1 saturated carbocycles. The molecule has 0 saturated heterocycles. The van der Waals surface area contributed by atoms with E-state index < -0.39 is 17.8 Å². The zero-order valence-corrected chi connectivity index (χ0v) is 22.8. The van der Waals surface area contributed by atoms with Gasteiger partial charge in [-0.2, -0.15) is 0 Å². The fourth-order valence-electron chi connectivity index (χ4n) is 4.33. The summed E-state index contributed by atoms with van der Waals surface area (Å²) >= 11 is -0.119. The van der Waals surface area contributed by atoms with E-state index in [1.165, 1.54) is 12.8 Å². The van der Waals surface area contributed by atoms with E-state index in [2.05, 4.69) is 10.4 Å². The van der Waals surface area contributed by atoms with Gasteiger partial charge in [-0.15, -0.1) is 0 Å². The number of amides is 1. The Kier molecular flexibility index (Phi) is 7.82. The van der Waals surface area contributed by atoms with Gasteiger partial charge in [0.2, 0.25) is 0 Å². The summed E-state index contributed by atoms with van der Waals surface area (Å²) in [5, 5.41) is 17.7. The molecule has 0 spiro atoms. The van der Waals surface area contributed by atoms with E-state index in [0.717, 1.165) is 33.0 Å². The number of nitrogens with one attached hydrogen (secondary N) is 1. The molecule has 39 heavy (non-hydrogen) atoms. The average Bonchev–Trinajstić information content (AvgIpc) is 3.62. The van der Waals surface area contributed by atoms with Crippen molar-refractivity contribution in [1.29, 1.82) is 0 Å². The molecule has 1 aliphatic carbocycles. The van der Waals surface area contributed by atoms with E-state index in [0.29, 0.717) is 16.9 Å². The molecule has 1 heterocycles. The SMILES string of the molecule is NCc1cccc(-n2nc(C(F)(F)F)cc2C(=O)Nc2cccc(C([As]CC3CC3)c3cccc(O)c3)c2)c1. The summed E-state index contributed by atoms with van der Waals surface area (Å²) in [5.74, 6) is 0.240. The van der Waals surface area contributed by atoms with Crippen molar-refractivity contribution in [3.63, 3.8) is 0 Å². The van der Waals surface area contributed by atoms with Gasteiger partial charge in [0.15, 0.2) is 0 Å². The first kappa shape index (κ1) is 27.0. The minimum absolute atomic E-state index is 0.0900. The van der Waals surface area contributed by atoms with Crippen LogP contribution in [0.2, 0.25) is 5.21 Å². The Balaban J connectivity index is 1.45. The predicted molar refractivity (Wildman–Crippen MR) is 144 cm³/mol. The first-order valence-electron chi connectivity index (χ1n) is 12.5. The summed E-state index contributed by atoms with van der Waals surface area (Å²) in [4.78, 5) is 13.3. The van der Waals surface area contributed by atoms with Gasteiger partial charge in [0.05, 0.1) is 0 Å². The number of hydrogen-bond donors (Lipinski definition) is 3. The number of phenolic OH excluding ortho intramolecular Hbond substituents is 1. The number of phenols is 1. The molecule has 1 unspecified atom stereocenters. The maximum atomic E-state index is 13.6. The number of rotatable bonds is 9. The second kappa shape index (κ2) is 11.3. The molecule has 4 N–H and O–H groups in total. The number of aromatic nitrogens is 2. The van der Waals surface area contributed by atoms with E-state index in [1.807, 2.05) is 30.3 Å². The van der Waals surface area contributed by atoms with Crippen LogP contribution in [0.4, 0.5) is 18.9 Å². The number of carbonyl (C=O) groups is 1. The molecule has 3 aromatic carbocycles. The molecule has 1 aliphatic rings. The van der Waals surface area contributed by atoms with Gasteiger partial charge in [-0.25, -0.2) is 0 Å². The Bertz CT molecular complexity index is 1480. The van der Waals surface area contributed by atoms with Gasteiger partial charge in [0.1, 0.15) is 0 Å². The van der Waals surface area contributed by atoms with Crippen molar-refractivity contribution in [2.75, 3.05) is 5.32 Å². The van der Waals surface area contributed by atoms with Crippen molar-refractivity contribution in [1.82, 2.24) is 9.78 Å². The molecule has 1 atom stereocenters. The number of carbonyl (C=O) groups excluding carboxylic acids is 1. The summed E-state index contributed by atoms with van der Waals surface area (Å²) in [6, 6.07) is 21.9. The van der Waals surface area contributed by atoms with Crippen LogP contribution >= 0.6 is 0 Å². The normalized spacial score (nSPS) is 14.6. The first-order chi connectivity index (χ1) is 18.7. The van der Waals surface area contributed by atoms with E-state index in [-0.39, 0.29) is 38.4 Å². The fraction of sp³-hybridized carbons (Fsp3) is 0.241. The summed E-state index contributed by atoms with van der Waals surface area (Å²) in [7, 11) is 0. The molecule has 1 radical (unpaired) electrons. The van der Waals surface area contributed by atoms with Crippen molar-refractivity contribution >= 4 is 27.3 Å². The van der Waals surface area contributed by atoms with Crippen LogP contribution in [0, 0.1) is 5.92 Å². The van der Waals surface area contributed by atoms with Crippen LogP contribution in [0.5, 0.6) is 5.75 Å². The number of hydrogen-bond acceptors (Lipinski definition) is 4. The van der Waals surface area contributed by atoms with Gasteiger partial charge < -0.3 is 5.73 Å². The number of nitrogens with two attached hydrogens (primary N) is 1. The summed E-state index contributed by atoms with van der Waals surface area (Å²) in [5.41, 5.74) is 7.76. The van der Waals surface area contributed by atoms with Gasteiger partial charge >= 0.3 is 225 Å². The Morgan fingerprint density at radius 1 is 1.05 bits per heavy atom. The van der Waals surface area contributed by atoms with Crippen LogP contribution < -0.4 is 11.1 Å². The second-order valence-electron chi connectivity index (χ2n) is 9.58. The monoisotopic (exact) mass is 595 g/mol. The number of anilines is 1. The van der Waals surface area contributed by atoms with Gasteiger partial charge in [-0.1, -0.05) is 0 Å². The van der Waals surface area contributed by atoms with E-state index in [1.54, 1.807) is 42.5 Å². The van der Waals surface area contributed by atoms with Crippen LogP contribution in [-0.4, -0.2) is 36.5 Å². The van der Waals surface area contributed by atoms with Crippen LogP contribution in [-0.2, 0) is 12.7 Å². The maximum absolute atomic E-state index is 13.6. The zero-order valence-electron chi connectivity index (χ0n) is 20.9. The standard InChI is InChI=1S/C29H27AsF3N4O2/c31-29(32,33)26-15-25(37(36-26)23-8-1-4-19(12-23)17-34)28(39)35-22-7-2-5-20(13-22)27(30-16-18-10-11-18)21-6-3-9-24(38)14-21/h1-9,12-15,18,27,38H,10-11,16-17,34H2,(H,35,39). The fourth-order valence-corrected chi connectivity index (χ4v) is 7.72. The molecule has 1 aromatic heterocycles. The van der Waals surface area contributed by atoms with Gasteiger partial charge in [0, 0.05) is 0 Å². The van der Waals surface area contributed by atoms with E-state index in [4.69, 9.17) is 5.73 Å². The number of halogens is 3. The molecule has 1 fully saturated rings. The van der Waals surface area contributed by atoms with Gasteiger partial charge in [-0.05, 0) is 0 Å². The molecular formula is C29H27AsF3N4O2. The third kappa shape index (κ3) is 6.54. The molecule has 0 bridgehead atoms. The second-order valence-corrected chi connectivity index (χ2v) is 12.2. The summed E-state index contributed by atoms with van der Waals surface area (Å²) in [6.45, 7) is 0.193. The molecule has 10 heteroatoms. The van der Waals surface area contributed by atoms with Gasteiger partial charge in [0.25, 0.3) is 0 Å². The topological polar surface area (TPSA) is 93.2 Å². The third-order valence-electron chi connectivity index (χ3n) is 6.51. The van der Waals surface area contributed by atoms with Crippen LogP contribution in [0.3, 0.4) is 0 Å². The van der Waals surface area contributed by atoms with Crippen LogP contribution in [0.25, 0.3) is 5.69 Å². The average molecular weight is 595 g/mol. The molecule has 0 aliphatic heterocycles. The van der Waals surface area contributed by atoms with Crippen molar-refractivity contribution in [3.8, 4) is 11.4 Å². The minimum atomic E-state index is -4.72. The Labute approximate surface area is 230 Å². The van der Waals surface area contributed by atoms with Crippen molar-refractivity contribution in [2.24, 2.45) is 11.7 Å². The quantitative estimate of drug-likeness (QED) is 0.209. The van der Waals surface area contributed by atoms with E-state index in [9.17, 15) is 23.1 Å². The van der Waals surface area contributed by atoms with Gasteiger partial charge in [-0.3, -0.25) is 0 Å². The van der Waals surface area contributed by atoms with Crippen molar-refractivity contribution in [3.05, 3.63) is 107 Å². The molecule has 4 aromatic rings. The number of aromatic hydroxyl groups is 1. The Morgan fingerprint density at radius 2 is 1.77 bits per heavy atom. The third-order valence-corrected chi connectivity index (χ3v) is 10.1. The molecular weight excluding hydrogens is 568 g/mol. The van der Waals surface area contributed by atoms with Crippen molar-refractivity contribution < 1.29 is 23.1 Å². The number of alkyl halides is 3. The molecule has 201 valence electrons. The Morgan fingerprint density at radius 3 is 2.46 bits per heavy atom. The molecule has 5 rings (SSSR count). The molecule has 6 nitrogen and oxygen atoms in total. The summed E-state index contributed by atoms with van der Waals surface area (Å²) < 4.78 is 41.8. The summed E-state index contributed by atoms with van der Waals surface area (Å²) in [6.07, 6.45) is -2.22. The Hall–Kier alpha value is -3.55. The van der Waals surface area contributed by atoms with E-state index >= 15 is 0 Å². The molecule has 1 amide bonds. The van der Waals surface area contributed by atoms with Crippen LogP contribution in [0.1, 0.15) is 50.4 Å². The first-order valence-corrected chi connectivity index (χ1v) is 15.0.